The molecule has 0 aliphatic rings. The first kappa shape index (κ1) is 15.1. The molecule has 1 aromatic carbocycles. The normalized spacial score (nSPS) is 12.8. The van der Waals surface area contributed by atoms with E-state index in [1.54, 1.807) is 26.8 Å². The summed E-state index contributed by atoms with van der Waals surface area (Å²) in [7, 11) is 0. The molecule has 0 aliphatic heterocycles. The van der Waals surface area contributed by atoms with E-state index in [0.717, 1.165) is 0 Å². The maximum atomic E-state index is 13.3. The maximum absolute atomic E-state index is 13.3. The average Bonchev–Trinajstić information content (AvgIpc) is 2.26. The molecule has 0 saturated heterocycles. The molecule has 0 saturated carbocycles. The molecule has 1 atom stereocenters. The molecule has 1 amide bonds. The number of aldehydes is 1. The van der Waals surface area contributed by atoms with Gasteiger partial charge >= 0.3 is 6.09 Å². The van der Waals surface area contributed by atoms with Crippen LogP contribution in [0.3, 0.4) is 0 Å². The molecule has 5 heteroatoms. The predicted molar refractivity (Wildman–Crippen MR) is 69.4 cm³/mol. The molecule has 19 heavy (non-hydrogen) atoms. The lowest BCUT2D eigenvalue weighted by Crippen LogP contribution is -2.47. The summed E-state index contributed by atoms with van der Waals surface area (Å²) in [6, 6.07) is 4.98. The molecular formula is C14H18FNO3. The number of carboxylic acid groups (broad SMARTS) is 1. The highest BCUT2D eigenvalue weighted by molar-refractivity contribution is 5.68. The first-order valence-corrected chi connectivity index (χ1v) is 5.98. The van der Waals surface area contributed by atoms with Crippen LogP contribution in [0.4, 0.5) is 9.18 Å². The number of rotatable bonds is 4. The SMILES string of the molecule is CC(C)(C)N(C(=O)O)[C@@H](CC=O)c1cccc(F)c1. The number of hydrogen-bond donors (Lipinski definition) is 1. The molecule has 0 radical (unpaired) electrons. The van der Waals surface area contributed by atoms with Crippen molar-refractivity contribution in [2.45, 2.75) is 38.8 Å². The van der Waals surface area contributed by atoms with Crippen molar-refractivity contribution in [1.29, 1.82) is 0 Å². The second kappa shape index (κ2) is 5.82. The van der Waals surface area contributed by atoms with Crippen molar-refractivity contribution in [1.82, 2.24) is 4.90 Å². The van der Waals surface area contributed by atoms with Gasteiger partial charge in [-0.1, -0.05) is 12.1 Å². The van der Waals surface area contributed by atoms with E-state index in [1.807, 2.05) is 0 Å². The Bertz CT molecular complexity index is 468. The lowest BCUT2D eigenvalue weighted by atomic mass is 9.96. The Morgan fingerprint density at radius 2 is 2.11 bits per heavy atom. The molecular weight excluding hydrogens is 249 g/mol. The van der Waals surface area contributed by atoms with Crippen molar-refractivity contribution in [3.8, 4) is 0 Å². The Labute approximate surface area is 111 Å². The summed E-state index contributed by atoms with van der Waals surface area (Å²) in [4.78, 5) is 23.4. The molecule has 1 rings (SSSR count). The van der Waals surface area contributed by atoms with Crippen LogP contribution in [0.5, 0.6) is 0 Å². The summed E-state index contributed by atoms with van der Waals surface area (Å²) in [6.07, 6.45) is -0.492. The molecule has 1 N–H and O–H groups in total. The summed E-state index contributed by atoms with van der Waals surface area (Å²) >= 11 is 0. The summed E-state index contributed by atoms with van der Waals surface area (Å²) in [5, 5.41) is 9.35. The zero-order valence-corrected chi connectivity index (χ0v) is 11.3. The van der Waals surface area contributed by atoms with Crippen LogP contribution in [-0.2, 0) is 4.79 Å². The zero-order chi connectivity index (χ0) is 14.6. The van der Waals surface area contributed by atoms with Gasteiger partial charge in [-0.25, -0.2) is 9.18 Å². The fourth-order valence-corrected chi connectivity index (χ4v) is 2.08. The molecule has 0 aromatic heterocycles. The Morgan fingerprint density at radius 1 is 1.47 bits per heavy atom. The quantitative estimate of drug-likeness (QED) is 0.852. The van der Waals surface area contributed by atoms with E-state index in [0.29, 0.717) is 11.8 Å². The molecule has 0 bridgehead atoms. The van der Waals surface area contributed by atoms with E-state index in [2.05, 4.69) is 0 Å². The molecule has 0 spiro atoms. The number of hydrogen-bond acceptors (Lipinski definition) is 2. The van der Waals surface area contributed by atoms with Crippen LogP contribution in [0, 0.1) is 5.82 Å². The number of carbonyl (C=O) groups excluding carboxylic acids is 1. The highest BCUT2D eigenvalue weighted by atomic mass is 19.1. The minimum absolute atomic E-state index is 0.00692. The molecule has 1 aromatic rings. The zero-order valence-electron chi connectivity index (χ0n) is 11.3. The van der Waals surface area contributed by atoms with E-state index >= 15 is 0 Å². The van der Waals surface area contributed by atoms with Crippen LogP contribution in [0.1, 0.15) is 38.8 Å². The van der Waals surface area contributed by atoms with E-state index in [-0.39, 0.29) is 6.42 Å². The summed E-state index contributed by atoms with van der Waals surface area (Å²) in [5.74, 6) is -0.451. The van der Waals surface area contributed by atoms with E-state index in [4.69, 9.17) is 0 Å². The summed E-state index contributed by atoms with van der Waals surface area (Å²) < 4.78 is 13.3. The number of halogens is 1. The van der Waals surface area contributed by atoms with E-state index in [1.165, 1.54) is 23.1 Å². The lowest BCUT2D eigenvalue weighted by Gasteiger charge is -2.39. The summed E-state index contributed by atoms with van der Waals surface area (Å²) in [5.41, 5.74) is -0.212. The van der Waals surface area contributed by atoms with Gasteiger partial charge in [-0.2, -0.15) is 0 Å². The van der Waals surface area contributed by atoms with Crippen LogP contribution >= 0.6 is 0 Å². The van der Waals surface area contributed by atoms with Gasteiger partial charge in [0.2, 0.25) is 0 Å². The van der Waals surface area contributed by atoms with Gasteiger partial charge in [-0.05, 0) is 38.5 Å². The molecule has 104 valence electrons. The van der Waals surface area contributed by atoms with Crippen molar-refractivity contribution in [2.75, 3.05) is 0 Å². The topological polar surface area (TPSA) is 57.6 Å². The molecule has 4 nitrogen and oxygen atoms in total. The van der Waals surface area contributed by atoms with Gasteiger partial charge in [-0.15, -0.1) is 0 Å². The average molecular weight is 267 g/mol. The fourth-order valence-electron chi connectivity index (χ4n) is 2.08. The number of nitrogens with zero attached hydrogens (tertiary/aromatic N) is 1. The smallest absolute Gasteiger partial charge is 0.408 e. The Balaban J connectivity index is 3.25. The van der Waals surface area contributed by atoms with Gasteiger partial charge in [0.05, 0.1) is 6.04 Å². The van der Waals surface area contributed by atoms with Gasteiger partial charge in [0.15, 0.2) is 0 Å². The highest BCUT2D eigenvalue weighted by Crippen LogP contribution is 2.30. The molecule has 0 unspecified atom stereocenters. The van der Waals surface area contributed by atoms with Crippen LogP contribution in [0.15, 0.2) is 24.3 Å². The number of amides is 1. The third kappa shape index (κ3) is 3.77. The van der Waals surface area contributed by atoms with Crippen molar-refractivity contribution in [3.63, 3.8) is 0 Å². The van der Waals surface area contributed by atoms with Crippen LogP contribution in [0.2, 0.25) is 0 Å². The van der Waals surface area contributed by atoms with Gasteiger partial charge in [0.1, 0.15) is 12.1 Å². The number of carbonyl (C=O) groups is 2. The molecule has 0 aliphatic carbocycles. The van der Waals surface area contributed by atoms with E-state index < -0.39 is 23.5 Å². The number of benzene rings is 1. The van der Waals surface area contributed by atoms with Gasteiger partial charge < -0.3 is 9.90 Å². The third-order valence-electron chi connectivity index (χ3n) is 2.79. The second-order valence-electron chi connectivity index (χ2n) is 5.30. The standard InChI is InChI=1S/C14H18FNO3/c1-14(2,3)16(13(18)19)12(7-8-17)10-5-4-6-11(15)9-10/h4-6,8-9,12H,7H2,1-3H3,(H,18,19)/t12-/m0/s1. The van der Waals surface area contributed by atoms with E-state index in [9.17, 15) is 19.1 Å². The highest BCUT2D eigenvalue weighted by Gasteiger charge is 2.34. The predicted octanol–water partition coefficient (Wildman–Crippen LogP) is 3.23. The Morgan fingerprint density at radius 3 is 2.53 bits per heavy atom. The van der Waals surface area contributed by atoms with Crippen LogP contribution in [-0.4, -0.2) is 27.9 Å². The molecule has 0 fully saturated rings. The van der Waals surface area contributed by atoms with Gasteiger partial charge in [0.25, 0.3) is 0 Å². The van der Waals surface area contributed by atoms with Crippen molar-refractivity contribution in [2.24, 2.45) is 0 Å². The van der Waals surface area contributed by atoms with Crippen molar-refractivity contribution < 1.29 is 19.1 Å². The Kier molecular flexibility index (Phi) is 4.64. The van der Waals surface area contributed by atoms with Crippen LogP contribution in [0.25, 0.3) is 0 Å². The first-order chi connectivity index (χ1) is 8.77. The van der Waals surface area contributed by atoms with Crippen molar-refractivity contribution >= 4 is 12.4 Å². The van der Waals surface area contributed by atoms with Gasteiger partial charge in [0, 0.05) is 12.0 Å². The fraction of sp³-hybridized carbons (Fsp3) is 0.429. The lowest BCUT2D eigenvalue weighted by molar-refractivity contribution is -0.109. The summed E-state index contributed by atoms with van der Waals surface area (Å²) in [6.45, 7) is 5.20. The first-order valence-electron chi connectivity index (χ1n) is 5.98. The minimum Gasteiger partial charge on any atom is -0.465 e. The van der Waals surface area contributed by atoms with Crippen LogP contribution < -0.4 is 0 Å². The minimum atomic E-state index is -1.14. The third-order valence-corrected chi connectivity index (χ3v) is 2.79. The second-order valence-corrected chi connectivity index (χ2v) is 5.30. The largest absolute Gasteiger partial charge is 0.465 e. The monoisotopic (exact) mass is 267 g/mol. The van der Waals surface area contributed by atoms with Crippen molar-refractivity contribution in [3.05, 3.63) is 35.6 Å². The maximum Gasteiger partial charge on any atom is 0.408 e. The molecule has 0 heterocycles. The Hall–Kier alpha value is -1.91. The van der Waals surface area contributed by atoms with Gasteiger partial charge in [-0.3, -0.25) is 4.90 Å².